The summed E-state index contributed by atoms with van der Waals surface area (Å²) in [4.78, 5) is 13.0. The molecule has 0 fully saturated rings. The number of ether oxygens (including phenoxy) is 1. The van der Waals surface area contributed by atoms with E-state index < -0.39 is 10.0 Å². The van der Waals surface area contributed by atoms with Crippen molar-refractivity contribution >= 4 is 32.1 Å². The predicted molar refractivity (Wildman–Crippen MR) is 96.6 cm³/mol. The predicted octanol–water partition coefficient (Wildman–Crippen LogP) is 0.782. The Kier molecular flexibility index (Phi) is 3.97. The largest absolute Gasteiger partial charge is 0.481 e. The second-order valence-corrected chi connectivity index (χ2v) is 7.46. The number of fused-ring (bicyclic) bond motifs is 3. The molecule has 0 radical (unpaired) electrons. The molecule has 4 heterocycles. The first-order chi connectivity index (χ1) is 12.9. The van der Waals surface area contributed by atoms with Gasteiger partial charge in [-0.15, -0.1) is 5.10 Å². The summed E-state index contributed by atoms with van der Waals surface area (Å²) in [7, 11) is -2.24. The van der Waals surface area contributed by atoms with Crippen molar-refractivity contribution in [1.82, 2.24) is 29.9 Å². The first kappa shape index (κ1) is 17.2. The quantitative estimate of drug-likeness (QED) is 0.544. The molecular formula is C16H15N7O3S. The fourth-order valence-corrected chi connectivity index (χ4v) is 3.24. The number of primary sulfonamides is 1. The van der Waals surface area contributed by atoms with Crippen LogP contribution >= 0.6 is 0 Å². The van der Waals surface area contributed by atoms with E-state index in [0.29, 0.717) is 35.0 Å². The van der Waals surface area contributed by atoms with E-state index in [1.807, 2.05) is 13.0 Å². The van der Waals surface area contributed by atoms with Crippen molar-refractivity contribution in [3.63, 3.8) is 0 Å². The molecule has 4 aromatic heterocycles. The number of rotatable bonds is 4. The van der Waals surface area contributed by atoms with Crippen molar-refractivity contribution in [2.45, 2.75) is 18.4 Å². The van der Waals surface area contributed by atoms with Crippen LogP contribution in [0.15, 0.2) is 35.4 Å². The van der Waals surface area contributed by atoms with Gasteiger partial charge in [0.25, 0.3) is 0 Å². The minimum absolute atomic E-state index is 0.0449. The molecule has 0 bridgehead atoms. The van der Waals surface area contributed by atoms with E-state index in [1.54, 1.807) is 23.9 Å². The molecule has 4 aromatic rings. The molecule has 0 amide bonds. The van der Waals surface area contributed by atoms with Crippen LogP contribution in [0.1, 0.15) is 11.4 Å². The third-order valence-electron chi connectivity index (χ3n) is 4.10. The van der Waals surface area contributed by atoms with Crippen LogP contribution in [0.25, 0.3) is 22.1 Å². The smallest absolute Gasteiger partial charge is 0.239 e. The molecule has 27 heavy (non-hydrogen) atoms. The first-order valence-corrected chi connectivity index (χ1v) is 9.44. The van der Waals surface area contributed by atoms with Crippen LogP contribution in [0.3, 0.4) is 0 Å². The van der Waals surface area contributed by atoms with E-state index in [1.165, 1.54) is 12.3 Å². The molecule has 2 N–H and O–H groups in total. The molecule has 0 spiro atoms. The monoisotopic (exact) mass is 385 g/mol. The molecule has 0 aliphatic carbocycles. The Morgan fingerprint density at radius 3 is 2.67 bits per heavy atom. The Morgan fingerprint density at radius 2 is 2.00 bits per heavy atom. The molecule has 0 aliphatic rings. The van der Waals surface area contributed by atoms with E-state index in [2.05, 4.69) is 25.3 Å². The molecule has 0 saturated carbocycles. The van der Waals surface area contributed by atoms with Crippen molar-refractivity contribution in [3.8, 4) is 5.88 Å². The fourth-order valence-electron chi connectivity index (χ4n) is 2.79. The number of sulfonamides is 1. The van der Waals surface area contributed by atoms with E-state index in [0.717, 1.165) is 10.9 Å². The summed E-state index contributed by atoms with van der Waals surface area (Å²) in [6.45, 7) is 2.13. The lowest BCUT2D eigenvalue weighted by Gasteiger charge is -2.07. The van der Waals surface area contributed by atoms with Crippen molar-refractivity contribution in [2.24, 2.45) is 5.14 Å². The lowest BCUT2D eigenvalue weighted by Crippen LogP contribution is -2.13. The number of pyridine rings is 3. The van der Waals surface area contributed by atoms with Gasteiger partial charge < -0.3 is 4.74 Å². The second kappa shape index (κ2) is 6.21. The molecule has 0 aromatic carbocycles. The molecule has 0 saturated heterocycles. The van der Waals surface area contributed by atoms with Gasteiger partial charge in [0.1, 0.15) is 15.9 Å². The maximum atomic E-state index is 11.4. The van der Waals surface area contributed by atoms with E-state index in [4.69, 9.17) is 9.88 Å². The Hall–Kier alpha value is -3.18. The summed E-state index contributed by atoms with van der Waals surface area (Å²) >= 11 is 0. The SMILES string of the molecule is COc1ccc2c(n1)nc(C)c1nnn(Cc3ccc(S(N)(=O)=O)cn3)c12. The van der Waals surface area contributed by atoms with E-state index >= 15 is 0 Å². The molecular weight excluding hydrogens is 370 g/mol. The zero-order chi connectivity index (χ0) is 19.2. The zero-order valence-corrected chi connectivity index (χ0v) is 15.3. The van der Waals surface area contributed by atoms with Crippen molar-refractivity contribution < 1.29 is 13.2 Å². The van der Waals surface area contributed by atoms with Crippen molar-refractivity contribution in [3.05, 3.63) is 41.9 Å². The molecule has 0 unspecified atom stereocenters. The zero-order valence-electron chi connectivity index (χ0n) is 14.5. The summed E-state index contributed by atoms with van der Waals surface area (Å²) in [5.41, 5.74) is 3.27. The van der Waals surface area contributed by atoms with Crippen LogP contribution in [0.2, 0.25) is 0 Å². The van der Waals surface area contributed by atoms with Crippen LogP contribution in [-0.4, -0.2) is 45.5 Å². The van der Waals surface area contributed by atoms with Gasteiger partial charge in [-0.1, -0.05) is 5.21 Å². The van der Waals surface area contributed by atoms with Gasteiger partial charge in [0.05, 0.1) is 25.0 Å². The number of nitrogens with two attached hydrogens (primary N) is 1. The lowest BCUT2D eigenvalue weighted by atomic mass is 10.2. The highest BCUT2D eigenvalue weighted by molar-refractivity contribution is 7.89. The lowest BCUT2D eigenvalue weighted by molar-refractivity contribution is 0.399. The normalized spacial score (nSPS) is 12.0. The Balaban J connectivity index is 1.82. The van der Waals surface area contributed by atoms with Gasteiger partial charge in [-0.3, -0.25) is 4.98 Å². The van der Waals surface area contributed by atoms with Gasteiger partial charge in [0.15, 0.2) is 5.65 Å². The Labute approximate surface area is 154 Å². The number of hydrogen-bond donors (Lipinski definition) is 1. The topological polar surface area (TPSA) is 139 Å². The number of hydrogen-bond acceptors (Lipinski definition) is 8. The number of nitrogens with zero attached hydrogens (tertiary/aromatic N) is 6. The summed E-state index contributed by atoms with van der Waals surface area (Å²) in [5, 5.41) is 14.3. The van der Waals surface area contributed by atoms with Gasteiger partial charge in [-0.25, -0.2) is 23.2 Å². The third-order valence-corrected chi connectivity index (χ3v) is 5.00. The standard InChI is InChI=1S/C16H15N7O3S/c1-9-14-15(12-5-6-13(26-2)20-16(12)19-9)23(22-21-14)8-10-3-4-11(7-18-10)27(17,24)25/h3-7H,8H2,1-2H3,(H2,17,24,25). The second-order valence-electron chi connectivity index (χ2n) is 5.90. The van der Waals surface area contributed by atoms with Crippen LogP contribution < -0.4 is 9.88 Å². The van der Waals surface area contributed by atoms with Gasteiger partial charge in [-0.2, -0.15) is 4.98 Å². The molecule has 0 aliphatic heterocycles. The summed E-state index contributed by atoms with van der Waals surface area (Å²) in [6, 6.07) is 6.60. The molecule has 10 nitrogen and oxygen atoms in total. The van der Waals surface area contributed by atoms with Gasteiger partial charge in [0, 0.05) is 17.6 Å². The van der Waals surface area contributed by atoms with Crippen LogP contribution in [0.5, 0.6) is 5.88 Å². The summed E-state index contributed by atoms with van der Waals surface area (Å²) in [6.07, 6.45) is 1.22. The summed E-state index contributed by atoms with van der Waals surface area (Å²) < 4.78 is 29.6. The van der Waals surface area contributed by atoms with Gasteiger partial charge >= 0.3 is 0 Å². The number of aromatic nitrogens is 6. The molecule has 4 rings (SSSR count). The van der Waals surface area contributed by atoms with Crippen LogP contribution in [-0.2, 0) is 16.6 Å². The van der Waals surface area contributed by atoms with Gasteiger partial charge in [0.2, 0.25) is 15.9 Å². The number of methoxy groups -OCH3 is 1. The fraction of sp³-hybridized carbons (Fsp3) is 0.188. The molecule has 138 valence electrons. The van der Waals surface area contributed by atoms with Crippen molar-refractivity contribution in [2.75, 3.05) is 7.11 Å². The maximum absolute atomic E-state index is 11.4. The number of aryl methyl sites for hydroxylation is 1. The molecule has 11 heteroatoms. The third kappa shape index (κ3) is 3.06. The average molecular weight is 385 g/mol. The molecule has 0 atom stereocenters. The van der Waals surface area contributed by atoms with Crippen LogP contribution in [0, 0.1) is 6.92 Å². The first-order valence-electron chi connectivity index (χ1n) is 7.89. The highest BCUT2D eigenvalue weighted by atomic mass is 32.2. The van der Waals surface area contributed by atoms with E-state index in [-0.39, 0.29) is 4.90 Å². The summed E-state index contributed by atoms with van der Waals surface area (Å²) in [5.74, 6) is 0.466. The Bertz CT molecular complexity index is 1270. The highest BCUT2D eigenvalue weighted by Crippen LogP contribution is 2.25. The minimum Gasteiger partial charge on any atom is -0.481 e. The van der Waals surface area contributed by atoms with E-state index in [9.17, 15) is 8.42 Å². The van der Waals surface area contributed by atoms with Gasteiger partial charge in [-0.05, 0) is 25.1 Å². The van der Waals surface area contributed by atoms with Crippen molar-refractivity contribution in [1.29, 1.82) is 0 Å². The Morgan fingerprint density at radius 1 is 1.19 bits per heavy atom. The highest BCUT2D eigenvalue weighted by Gasteiger charge is 2.16. The minimum atomic E-state index is -3.78. The average Bonchev–Trinajstić information content (AvgIpc) is 3.05. The van der Waals surface area contributed by atoms with Crippen LogP contribution in [0.4, 0.5) is 0 Å². The maximum Gasteiger partial charge on any atom is 0.239 e.